The topological polar surface area (TPSA) is 71.1 Å². The van der Waals surface area contributed by atoms with Gasteiger partial charge in [0.1, 0.15) is 0 Å². The van der Waals surface area contributed by atoms with E-state index in [2.05, 4.69) is 18.3 Å². The van der Waals surface area contributed by atoms with Gasteiger partial charge in [0.25, 0.3) is 0 Å². The average Bonchev–Trinajstić information content (AvgIpc) is 2.74. The van der Waals surface area contributed by atoms with Gasteiger partial charge in [-0.1, -0.05) is 0 Å². The quantitative estimate of drug-likeness (QED) is 0.780. The zero-order valence-electron chi connectivity index (χ0n) is 9.94. The first kappa shape index (κ1) is 11.7. The highest BCUT2D eigenvalue weighted by molar-refractivity contribution is 5.68. The lowest BCUT2D eigenvalue weighted by Gasteiger charge is -2.16. The Morgan fingerprint density at radius 2 is 2.41 bits per heavy atom. The van der Waals surface area contributed by atoms with E-state index in [1.54, 1.807) is 18.2 Å². The number of nitrogens with two attached hydrogens (primary N) is 1. The highest BCUT2D eigenvalue weighted by Gasteiger charge is 2.23. The number of nitrogens with zero attached hydrogens (tertiary/aromatic N) is 1. The molecule has 1 aromatic carbocycles. The van der Waals surface area contributed by atoms with Crippen LogP contribution in [0.5, 0.6) is 0 Å². The zero-order valence-corrected chi connectivity index (χ0v) is 9.94. The molecule has 0 radical (unpaired) electrons. The molecule has 4 heteroatoms. The fourth-order valence-corrected chi connectivity index (χ4v) is 2.06. The van der Waals surface area contributed by atoms with Gasteiger partial charge >= 0.3 is 0 Å². The van der Waals surface area contributed by atoms with Gasteiger partial charge in [0, 0.05) is 19.1 Å². The van der Waals surface area contributed by atoms with Crippen molar-refractivity contribution in [3.8, 4) is 6.07 Å². The predicted molar refractivity (Wildman–Crippen MR) is 67.6 cm³/mol. The number of hydrogen-bond donors (Lipinski definition) is 2. The van der Waals surface area contributed by atoms with Crippen molar-refractivity contribution in [2.75, 3.05) is 24.2 Å². The van der Waals surface area contributed by atoms with Crippen molar-refractivity contribution in [1.29, 1.82) is 5.26 Å². The second-order valence-corrected chi connectivity index (χ2v) is 4.42. The molecule has 1 aliphatic heterocycles. The molecule has 1 aromatic rings. The third-order valence-corrected chi connectivity index (χ3v) is 3.27. The number of hydrogen-bond acceptors (Lipinski definition) is 4. The van der Waals surface area contributed by atoms with Crippen LogP contribution >= 0.6 is 0 Å². The van der Waals surface area contributed by atoms with E-state index in [0.717, 1.165) is 25.3 Å². The summed E-state index contributed by atoms with van der Waals surface area (Å²) in [6.07, 6.45) is 1.37. The van der Waals surface area contributed by atoms with Gasteiger partial charge in [0.15, 0.2) is 0 Å². The number of nitrogen functional groups attached to an aromatic ring is 1. The Bertz CT molecular complexity index is 439. The van der Waals surface area contributed by atoms with E-state index in [1.165, 1.54) is 0 Å². The van der Waals surface area contributed by atoms with Gasteiger partial charge in [-0.3, -0.25) is 0 Å². The molecule has 1 fully saturated rings. The molecule has 0 amide bonds. The van der Waals surface area contributed by atoms with Crippen molar-refractivity contribution < 1.29 is 4.74 Å². The van der Waals surface area contributed by atoms with Crippen LogP contribution < -0.4 is 11.1 Å². The van der Waals surface area contributed by atoms with Crippen LogP contribution in [0.15, 0.2) is 18.2 Å². The normalized spacial score (nSPS) is 23.3. The first-order chi connectivity index (χ1) is 8.20. The summed E-state index contributed by atoms with van der Waals surface area (Å²) in [5.74, 6) is 0.514. The molecule has 1 saturated heterocycles. The number of rotatable bonds is 3. The number of nitriles is 1. The monoisotopic (exact) mass is 231 g/mol. The van der Waals surface area contributed by atoms with Crippen LogP contribution in [0.25, 0.3) is 0 Å². The molecule has 0 aliphatic carbocycles. The zero-order chi connectivity index (χ0) is 12.3. The SMILES string of the molecule is CC1OCCC1CNc1cc(C#N)ccc1N. The molecule has 2 atom stereocenters. The van der Waals surface area contributed by atoms with Crippen molar-refractivity contribution in [3.05, 3.63) is 23.8 Å². The summed E-state index contributed by atoms with van der Waals surface area (Å²) >= 11 is 0. The molecule has 0 aromatic heterocycles. The van der Waals surface area contributed by atoms with E-state index < -0.39 is 0 Å². The number of nitrogens with one attached hydrogen (secondary N) is 1. The first-order valence-corrected chi connectivity index (χ1v) is 5.86. The van der Waals surface area contributed by atoms with Gasteiger partial charge in [0.2, 0.25) is 0 Å². The summed E-state index contributed by atoms with van der Waals surface area (Å²) in [5.41, 5.74) is 8.00. The summed E-state index contributed by atoms with van der Waals surface area (Å²) in [7, 11) is 0. The van der Waals surface area contributed by atoms with Crippen LogP contribution in [0.2, 0.25) is 0 Å². The van der Waals surface area contributed by atoms with Gasteiger partial charge in [-0.2, -0.15) is 5.26 Å². The van der Waals surface area contributed by atoms with E-state index >= 15 is 0 Å². The lowest BCUT2D eigenvalue weighted by molar-refractivity contribution is 0.108. The number of anilines is 2. The van der Waals surface area contributed by atoms with Crippen LogP contribution in [-0.4, -0.2) is 19.3 Å². The van der Waals surface area contributed by atoms with Crippen molar-refractivity contribution >= 4 is 11.4 Å². The Hall–Kier alpha value is -1.73. The van der Waals surface area contributed by atoms with E-state index in [0.29, 0.717) is 23.3 Å². The average molecular weight is 231 g/mol. The lowest BCUT2D eigenvalue weighted by atomic mass is 10.0. The molecule has 1 heterocycles. The smallest absolute Gasteiger partial charge is 0.0992 e. The number of ether oxygens (including phenoxy) is 1. The summed E-state index contributed by atoms with van der Waals surface area (Å²) in [5, 5.41) is 12.1. The Morgan fingerprint density at radius 3 is 3.06 bits per heavy atom. The molecular weight excluding hydrogens is 214 g/mol. The van der Waals surface area contributed by atoms with Crippen molar-refractivity contribution in [1.82, 2.24) is 0 Å². The Balaban J connectivity index is 2.01. The summed E-state index contributed by atoms with van der Waals surface area (Å²) in [4.78, 5) is 0. The minimum atomic E-state index is 0.294. The molecule has 4 nitrogen and oxygen atoms in total. The van der Waals surface area contributed by atoms with Crippen LogP contribution in [-0.2, 0) is 4.74 Å². The maximum absolute atomic E-state index is 8.84. The number of benzene rings is 1. The molecular formula is C13H17N3O. The van der Waals surface area contributed by atoms with E-state index in [-0.39, 0.29) is 0 Å². The summed E-state index contributed by atoms with van der Waals surface area (Å²) < 4.78 is 5.51. The maximum atomic E-state index is 8.84. The third kappa shape index (κ3) is 2.69. The van der Waals surface area contributed by atoms with E-state index in [1.807, 2.05) is 0 Å². The highest BCUT2D eigenvalue weighted by atomic mass is 16.5. The maximum Gasteiger partial charge on any atom is 0.0992 e. The second-order valence-electron chi connectivity index (χ2n) is 4.42. The minimum absolute atomic E-state index is 0.294. The van der Waals surface area contributed by atoms with Gasteiger partial charge in [0.05, 0.1) is 29.1 Å². The molecule has 1 aliphatic rings. The largest absolute Gasteiger partial charge is 0.397 e. The molecule has 3 N–H and O–H groups in total. The molecule has 0 bridgehead atoms. The molecule has 17 heavy (non-hydrogen) atoms. The summed E-state index contributed by atoms with van der Waals surface area (Å²) in [6.45, 7) is 3.76. The fourth-order valence-electron chi connectivity index (χ4n) is 2.06. The van der Waals surface area contributed by atoms with Gasteiger partial charge < -0.3 is 15.8 Å². The second kappa shape index (κ2) is 5.07. The van der Waals surface area contributed by atoms with Crippen molar-refractivity contribution in [2.45, 2.75) is 19.4 Å². The van der Waals surface area contributed by atoms with Crippen LogP contribution in [0.3, 0.4) is 0 Å². The van der Waals surface area contributed by atoms with Crippen molar-refractivity contribution in [3.63, 3.8) is 0 Å². The fraction of sp³-hybridized carbons (Fsp3) is 0.462. The van der Waals surface area contributed by atoms with Crippen molar-refractivity contribution in [2.24, 2.45) is 5.92 Å². The Kier molecular flexibility index (Phi) is 3.50. The predicted octanol–water partition coefficient (Wildman–Crippen LogP) is 1.98. The molecule has 90 valence electrons. The first-order valence-electron chi connectivity index (χ1n) is 5.86. The Labute approximate surface area is 101 Å². The minimum Gasteiger partial charge on any atom is -0.397 e. The van der Waals surface area contributed by atoms with E-state index in [4.69, 9.17) is 15.7 Å². The van der Waals surface area contributed by atoms with Crippen LogP contribution in [0.4, 0.5) is 11.4 Å². The third-order valence-electron chi connectivity index (χ3n) is 3.27. The van der Waals surface area contributed by atoms with Gasteiger partial charge in [-0.15, -0.1) is 0 Å². The molecule has 0 saturated carbocycles. The van der Waals surface area contributed by atoms with E-state index in [9.17, 15) is 0 Å². The van der Waals surface area contributed by atoms with Gasteiger partial charge in [-0.05, 0) is 31.5 Å². The van der Waals surface area contributed by atoms with Crippen LogP contribution in [0, 0.1) is 17.2 Å². The summed E-state index contributed by atoms with van der Waals surface area (Å²) in [6, 6.07) is 7.38. The standard InChI is InChI=1S/C13H17N3O/c1-9-11(4-5-17-9)8-16-13-6-10(7-14)2-3-12(13)15/h2-3,6,9,11,16H,4-5,8,15H2,1H3. The molecule has 2 rings (SSSR count). The molecule has 2 unspecified atom stereocenters. The lowest BCUT2D eigenvalue weighted by Crippen LogP contribution is -2.21. The van der Waals surface area contributed by atoms with Gasteiger partial charge in [-0.25, -0.2) is 0 Å². The van der Waals surface area contributed by atoms with Crippen LogP contribution in [0.1, 0.15) is 18.9 Å². The highest BCUT2D eigenvalue weighted by Crippen LogP contribution is 2.24. The Morgan fingerprint density at radius 1 is 1.59 bits per heavy atom. The molecule has 0 spiro atoms.